The number of ether oxygens (including phenoxy) is 1. The number of halogens is 4. The van der Waals surface area contributed by atoms with Crippen molar-refractivity contribution in [2.75, 3.05) is 13.1 Å². The highest BCUT2D eigenvalue weighted by atomic mass is 32.2. The molecule has 1 aromatic heterocycles. The van der Waals surface area contributed by atoms with Gasteiger partial charge in [0.1, 0.15) is 0 Å². The number of fused-ring (bicyclic) bond motifs is 1. The Labute approximate surface area is 159 Å². The molecular formula is C17H19F4N3O3S. The van der Waals surface area contributed by atoms with Gasteiger partial charge in [-0.25, -0.2) is 17.5 Å². The Hall–Kier alpha value is -2.11. The van der Waals surface area contributed by atoms with Gasteiger partial charge in [0.2, 0.25) is 10.0 Å². The number of hydrogen-bond donors (Lipinski definition) is 2. The summed E-state index contributed by atoms with van der Waals surface area (Å²) in [7, 11) is -3.53. The lowest BCUT2D eigenvalue weighted by Crippen LogP contribution is -2.46. The van der Waals surface area contributed by atoms with Gasteiger partial charge in [0.15, 0.2) is 11.6 Å². The van der Waals surface area contributed by atoms with Crippen molar-refractivity contribution in [2.24, 2.45) is 0 Å². The summed E-state index contributed by atoms with van der Waals surface area (Å²) in [4.78, 5) is 4.98. The number of aromatic nitrogens is 1. The van der Waals surface area contributed by atoms with E-state index in [-0.39, 0.29) is 6.04 Å². The number of rotatable bonds is 6. The molecule has 2 aromatic rings. The van der Waals surface area contributed by atoms with Crippen molar-refractivity contribution in [1.29, 1.82) is 0 Å². The highest BCUT2D eigenvalue weighted by Gasteiger charge is 2.32. The molecule has 1 atom stereocenters. The van der Waals surface area contributed by atoms with Gasteiger partial charge < -0.3 is 9.72 Å². The van der Waals surface area contributed by atoms with Crippen LogP contribution < -0.4 is 9.46 Å². The Bertz CT molecular complexity index is 972. The van der Waals surface area contributed by atoms with Gasteiger partial charge in [-0.15, -0.1) is 13.2 Å². The van der Waals surface area contributed by atoms with Crippen LogP contribution in [-0.2, 0) is 16.6 Å². The predicted molar refractivity (Wildman–Crippen MR) is 95.5 cm³/mol. The van der Waals surface area contributed by atoms with Crippen molar-refractivity contribution in [3.63, 3.8) is 0 Å². The van der Waals surface area contributed by atoms with Crippen LogP contribution in [0.2, 0.25) is 0 Å². The molecule has 0 aliphatic carbocycles. The van der Waals surface area contributed by atoms with Gasteiger partial charge in [0.25, 0.3) is 0 Å². The fraction of sp³-hybridized carbons (Fsp3) is 0.412. The van der Waals surface area contributed by atoms with Gasteiger partial charge >= 0.3 is 6.36 Å². The number of aromatic amines is 1. The molecule has 1 aromatic carbocycles. The van der Waals surface area contributed by atoms with E-state index in [9.17, 15) is 26.0 Å². The summed E-state index contributed by atoms with van der Waals surface area (Å²) in [5, 5.41) is 1.25. The zero-order chi connectivity index (χ0) is 20.5. The highest BCUT2D eigenvalue weighted by Crippen LogP contribution is 2.30. The minimum absolute atomic E-state index is 0.259. The van der Waals surface area contributed by atoms with Crippen LogP contribution in [-0.4, -0.2) is 43.8 Å². The van der Waals surface area contributed by atoms with E-state index in [1.807, 2.05) is 4.90 Å². The number of likely N-dealkylation sites (tertiary alicyclic amines) is 1. The SMILES string of the molecule is C=CS(=O)(=O)N[C@@H]1CCCN(Cc2cc3cc(OC(F)(F)F)c(F)cc3[nH]2)C1. The summed E-state index contributed by atoms with van der Waals surface area (Å²) in [5.74, 6) is -2.00. The third-order valence-electron chi connectivity index (χ3n) is 4.40. The van der Waals surface area contributed by atoms with Gasteiger partial charge in [0, 0.05) is 47.2 Å². The summed E-state index contributed by atoms with van der Waals surface area (Å²) >= 11 is 0. The first-order valence-electron chi connectivity index (χ1n) is 8.49. The molecule has 0 spiro atoms. The summed E-state index contributed by atoms with van der Waals surface area (Å²) in [6.45, 7) is 4.89. The largest absolute Gasteiger partial charge is 0.573 e. The van der Waals surface area contributed by atoms with Gasteiger partial charge in [-0.05, 0) is 31.5 Å². The molecule has 0 amide bonds. The third kappa shape index (κ3) is 5.24. The molecule has 11 heteroatoms. The normalized spacial score (nSPS) is 19.1. The molecule has 1 saturated heterocycles. The molecule has 0 unspecified atom stereocenters. The van der Waals surface area contributed by atoms with Crippen molar-refractivity contribution in [2.45, 2.75) is 31.8 Å². The molecule has 28 heavy (non-hydrogen) atoms. The Balaban J connectivity index is 1.72. The van der Waals surface area contributed by atoms with E-state index >= 15 is 0 Å². The maximum atomic E-state index is 13.8. The van der Waals surface area contributed by atoms with E-state index in [4.69, 9.17) is 0 Å². The zero-order valence-electron chi connectivity index (χ0n) is 14.7. The topological polar surface area (TPSA) is 74.4 Å². The van der Waals surface area contributed by atoms with E-state index < -0.39 is 28.0 Å². The molecule has 3 rings (SSSR count). The zero-order valence-corrected chi connectivity index (χ0v) is 15.5. The number of piperidine rings is 1. The number of benzene rings is 1. The highest BCUT2D eigenvalue weighted by molar-refractivity contribution is 7.92. The van der Waals surface area contributed by atoms with E-state index in [1.54, 1.807) is 6.07 Å². The second-order valence-electron chi connectivity index (χ2n) is 6.62. The second-order valence-corrected chi connectivity index (χ2v) is 8.28. The average molecular weight is 421 g/mol. The number of hydrogen-bond acceptors (Lipinski definition) is 4. The van der Waals surface area contributed by atoms with E-state index in [1.165, 1.54) is 0 Å². The Kier molecular flexibility index (Phi) is 5.69. The van der Waals surface area contributed by atoms with Crippen LogP contribution in [0.3, 0.4) is 0 Å². The van der Waals surface area contributed by atoms with Crippen molar-refractivity contribution < 1.29 is 30.7 Å². The van der Waals surface area contributed by atoms with Crippen molar-refractivity contribution in [3.8, 4) is 5.75 Å². The molecule has 1 aliphatic heterocycles. The number of H-pyrrole nitrogens is 1. The number of nitrogens with one attached hydrogen (secondary N) is 2. The summed E-state index contributed by atoms with van der Waals surface area (Å²) in [6.07, 6.45) is -3.50. The molecule has 6 nitrogen and oxygen atoms in total. The Morgan fingerprint density at radius 1 is 1.36 bits per heavy atom. The minimum atomic E-state index is -4.98. The number of alkyl halides is 3. The second kappa shape index (κ2) is 7.72. The third-order valence-corrected chi connectivity index (χ3v) is 5.51. The van der Waals surface area contributed by atoms with E-state index in [2.05, 4.69) is 21.0 Å². The molecule has 0 bridgehead atoms. The molecule has 2 N–H and O–H groups in total. The lowest BCUT2D eigenvalue weighted by atomic mass is 10.1. The summed E-state index contributed by atoms with van der Waals surface area (Å²) < 4.78 is 80.4. The Morgan fingerprint density at radius 3 is 2.79 bits per heavy atom. The molecule has 154 valence electrons. The first-order chi connectivity index (χ1) is 13.0. The average Bonchev–Trinajstić information content (AvgIpc) is 2.94. The van der Waals surface area contributed by atoms with Gasteiger partial charge in [-0.2, -0.15) is 0 Å². The summed E-state index contributed by atoms with van der Waals surface area (Å²) in [5.41, 5.74) is 1.02. The monoisotopic (exact) mass is 421 g/mol. The fourth-order valence-corrected chi connectivity index (χ4v) is 4.05. The van der Waals surface area contributed by atoms with Crippen LogP contribution in [0.25, 0.3) is 10.9 Å². The minimum Gasteiger partial charge on any atom is -0.403 e. The maximum absolute atomic E-state index is 13.8. The Morgan fingerprint density at radius 2 is 2.11 bits per heavy atom. The van der Waals surface area contributed by atoms with E-state index in [0.717, 1.165) is 30.5 Å². The van der Waals surface area contributed by atoms with Crippen LogP contribution in [0.1, 0.15) is 18.5 Å². The van der Waals surface area contributed by atoms with Gasteiger partial charge in [0.05, 0.1) is 0 Å². The van der Waals surface area contributed by atoms with Crippen LogP contribution in [0.4, 0.5) is 17.6 Å². The molecule has 1 fully saturated rings. The quantitative estimate of drug-likeness (QED) is 0.703. The molecule has 0 radical (unpaired) electrons. The first kappa shape index (κ1) is 20.6. The standard InChI is InChI=1S/C17H19F4N3O3S/c1-2-28(25,26)23-12-4-3-5-24(9-12)10-13-6-11-7-16(27-17(19,20)21)14(18)8-15(11)22-13/h2,6-8,12,22-23H,1,3-5,9-10H2/t12-/m1/s1. The van der Waals surface area contributed by atoms with Crippen LogP contribution in [0, 0.1) is 5.82 Å². The summed E-state index contributed by atoms with van der Waals surface area (Å²) in [6, 6.07) is 3.31. The van der Waals surface area contributed by atoms with Crippen LogP contribution in [0.15, 0.2) is 30.2 Å². The number of sulfonamides is 1. The predicted octanol–water partition coefficient (Wildman–Crippen LogP) is 3.23. The van der Waals surface area contributed by atoms with Crippen LogP contribution in [0.5, 0.6) is 5.75 Å². The molecule has 0 saturated carbocycles. The maximum Gasteiger partial charge on any atom is 0.573 e. The van der Waals surface area contributed by atoms with Crippen molar-refractivity contribution in [3.05, 3.63) is 41.7 Å². The molecular weight excluding hydrogens is 402 g/mol. The number of nitrogens with zero attached hydrogens (tertiary/aromatic N) is 1. The van der Waals surface area contributed by atoms with E-state index in [0.29, 0.717) is 36.1 Å². The van der Waals surface area contributed by atoms with Crippen LogP contribution >= 0.6 is 0 Å². The smallest absolute Gasteiger partial charge is 0.403 e. The lowest BCUT2D eigenvalue weighted by Gasteiger charge is -2.32. The molecule has 2 heterocycles. The van der Waals surface area contributed by atoms with Gasteiger partial charge in [-0.1, -0.05) is 6.58 Å². The van der Waals surface area contributed by atoms with Gasteiger partial charge in [-0.3, -0.25) is 4.90 Å². The fourth-order valence-electron chi connectivity index (χ4n) is 3.30. The first-order valence-corrected chi connectivity index (χ1v) is 10.0. The van der Waals surface area contributed by atoms with Crippen molar-refractivity contribution in [1.82, 2.24) is 14.6 Å². The van der Waals surface area contributed by atoms with Crippen molar-refractivity contribution >= 4 is 20.9 Å². The molecule has 1 aliphatic rings. The lowest BCUT2D eigenvalue weighted by molar-refractivity contribution is -0.275.